The molecule has 1 aromatic carbocycles. The summed E-state index contributed by atoms with van der Waals surface area (Å²) in [5.41, 5.74) is -1.23. The van der Waals surface area contributed by atoms with Gasteiger partial charge in [0.2, 0.25) is 0 Å². The van der Waals surface area contributed by atoms with Gasteiger partial charge in [0.15, 0.2) is 17.4 Å². The van der Waals surface area contributed by atoms with E-state index in [1.807, 2.05) is 0 Å². The summed E-state index contributed by atoms with van der Waals surface area (Å²) in [6.45, 7) is 2.48. The molecular weight excluding hydrogens is 299 g/mol. The van der Waals surface area contributed by atoms with E-state index in [0.29, 0.717) is 19.2 Å². The lowest BCUT2D eigenvalue weighted by Crippen LogP contribution is -2.22. The van der Waals surface area contributed by atoms with Crippen LogP contribution in [-0.2, 0) is 9.53 Å². The SMILES string of the molecule is CCOC(=O)CC(=O)c1cc(F)c(N2CCCC2)c(F)c1F. The second-order valence-electron chi connectivity index (χ2n) is 4.98. The lowest BCUT2D eigenvalue weighted by Gasteiger charge is -2.20. The smallest absolute Gasteiger partial charge is 0.313 e. The van der Waals surface area contributed by atoms with Gasteiger partial charge in [0.1, 0.15) is 17.9 Å². The Bertz CT molecular complexity index is 598. The number of halogens is 3. The zero-order valence-electron chi connectivity index (χ0n) is 12.1. The number of carbonyl (C=O) groups excluding carboxylic acids is 2. The average Bonchev–Trinajstić information content (AvgIpc) is 2.97. The van der Waals surface area contributed by atoms with Crippen molar-refractivity contribution in [1.29, 1.82) is 0 Å². The van der Waals surface area contributed by atoms with Crippen LogP contribution in [0, 0.1) is 17.5 Å². The highest BCUT2D eigenvalue weighted by atomic mass is 19.2. The highest BCUT2D eigenvalue weighted by molar-refractivity contribution is 6.06. The van der Waals surface area contributed by atoms with E-state index in [9.17, 15) is 22.8 Å². The van der Waals surface area contributed by atoms with Crippen LogP contribution in [0.15, 0.2) is 6.07 Å². The molecule has 0 N–H and O–H groups in total. The lowest BCUT2D eigenvalue weighted by molar-refractivity contribution is -0.141. The first-order valence-corrected chi connectivity index (χ1v) is 7.07. The van der Waals surface area contributed by atoms with Crippen LogP contribution in [0.2, 0.25) is 0 Å². The molecule has 0 unspecified atom stereocenters. The fourth-order valence-electron chi connectivity index (χ4n) is 2.46. The van der Waals surface area contributed by atoms with Crippen molar-refractivity contribution in [3.05, 3.63) is 29.1 Å². The molecule has 1 aromatic rings. The number of ether oxygens (including phenoxy) is 1. The summed E-state index contributed by atoms with van der Waals surface area (Å²) in [4.78, 5) is 24.4. The summed E-state index contributed by atoms with van der Waals surface area (Å²) in [6.07, 6.45) is 0.779. The number of anilines is 1. The van der Waals surface area contributed by atoms with Crippen LogP contribution in [0.5, 0.6) is 0 Å². The summed E-state index contributed by atoms with van der Waals surface area (Å²) in [5, 5.41) is 0. The van der Waals surface area contributed by atoms with Gasteiger partial charge < -0.3 is 9.64 Å². The van der Waals surface area contributed by atoms with Crippen LogP contribution in [-0.4, -0.2) is 31.4 Å². The first-order chi connectivity index (χ1) is 10.5. The van der Waals surface area contributed by atoms with Crippen molar-refractivity contribution < 1.29 is 27.5 Å². The Morgan fingerprint density at radius 2 is 1.82 bits per heavy atom. The van der Waals surface area contributed by atoms with E-state index >= 15 is 0 Å². The fourth-order valence-corrected chi connectivity index (χ4v) is 2.46. The Hall–Kier alpha value is -2.05. The minimum atomic E-state index is -1.43. The third kappa shape index (κ3) is 3.23. The largest absolute Gasteiger partial charge is 0.466 e. The Balaban J connectivity index is 2.30. The summed E-state index contributed by atoms with van der Waals surface area (Å²) in [6, 6.07) is 0.646. The number of ketones is 1. The van der Waals surface area contributed by atoms with Crippen LogP contribution >= 0.6 is 0 Å². The van der Waals surface area contributed by atoms with Crippen molar-refractivity contribution in [3.8, 4) is 0 Å². The van der Waals surface area contributed by atoms with E-state index < -0.39 is 46.9 Å². The predicted octanol–water partition coefficient (Wildman–Crippen LogP) is 2.84. The number of carbonyl (C=O) groups is 2. The number of benzene rings is 1. The van der Waals surface area contributed by atoms with E-state index in [-0.39, 0.29) is 6.61 Å². The van der Waals surface area contributed by atoms with E-state index in [0.717, 1.165) is 12.8 Å². The van der Waals surface area contributed by atoms with E-state index in [2.05, 4.69) is 4.74 Å². The van der Waals surface area contributed by atoms with Crippen molar-refractivity contribution in [2.75, 3.05) is 24.6 Å². The molecule has 1 aliphatic rings. The minimum absolute atomic E-state index is 0.0607. The summed E-state index contributed by atoms with van der Waals surface area (Å²) in [5.74, 6) is -5.71. The highest BCUT2D eigenvalue weighted by Crippen LogP contribution is 2.30. The predicted molar refractivity (Wildman–Crippen MR) is 73.3 cm³/mol. The Morgan fingerprint density at radius 3 is 2.41 bits per heavy atom. The molecule has 0 aromatic heterocycles. The van der Waals surface area contributed by atoms with Crippen molar-refractivity contribution >= 4 is 17.4 Å². The third-order valence-corrected chi connectivity index (χ3v) is 3.47. The van der Waals surface area contributed by atoms with Crippen LogP contribution in [0.4, 0.5) is 18.9 Å². The topological polar surface area (TPSA) is 46.6 Å². The molecule has 1 heterocycles. The van der Waals surface area contributed by atoms with E-state index in [1.54, 1.807) is 6.92 Å². The van der Waals surface area contributed by atoms with Gasteiger partial charge in [0, 0.05) is 13.1 Å². The zero-order chi connectivity index (χ0) is 16.3. The van der Waals surface area contributed by atoms with Crippen molar-refractivity contribution in [2.45, 2.75) is 26.2 Å². The number of rotatable bonds is 5. The fraction of sp³-hybridized carbons (Fsp3) is 0.467. The maximum Gasteiger partial charge on any atom is 0.313 e. The van der Waals surface area contributed by atoms with Crippen LogP contribution in [0.1, 0.15) is 36.5 Å². The molecule has 0 saturated carbocycles. The molecule has 0 bridgehead atoms. The molecule has 120 valence electrons. The Kier molecular flexibility index (Phi) is 5.05. The van der Waals surface area contributed by atoms with Gasteiger partial charge in [-0.25, -0.2) is 13.2 Å². The number of esters is 1. The normalized spacial score (nSPS) is 14.3. The monoisotopic (exact) mass is 315 g/mol. The lowest BCUT2D eigenvalue weighted by atomic mass is 10.1. The number of nitrogens with zero attached hydrogens (tertiary/aromatic N) is 1. The first kappa shape index (κ1) is 16.3. The van der Waals surface area contributed by atoms with Crippen molar-refractivity contribution in [2.24, 2.45) is 0 Å². The molecular formula is C15H16F3NO3. The minimum Gasteiger partial charge on any atom is -0.466 e. The maximum absolute atomic E-state index is 14.1. The quantitative estimate of drug-likeness (QED) is 0.363. The molecule has 0 amide bonds. The Morgan fingerprint density at radius 1 is 1.18 bits per heavy atom. The molecule has 1 aliphatic heterocycles. The molecule has 2 rings (SSSR count). The zero-order valence-corrected chi connectivity index (χ0v) is 12.1. The Labute approximate surface area is 125 Å². The number of Topliss-reactive ketones (excluding diaryl/α,β-unsaturated/α-hetero) is 1. The van der Waals surface area contributed by atoms with Crippen LogP contribution in [0.25, 0.3) is 0 Å². The average molecular weight is 315 g/mol. The van der Waals surface area contributed by atoms with Gasteiger partial charge in [0.25, 0.3) is 0 Å². The standard InChI is InChI=1S/C15H16F3NO3/c1-2-22-12(21)8-11(20)9-7-10(16)15(14(18)13(9)17)19-5-3-4-6-19/h7H,2-6,8H2,1H3. The van der Waals surface area contributed by atoms with Crippen molar-refractivity contribution in [1.82, 2.24) is 0 Å². The number of hydrogen-bond acceptors (Lipinski definition) is 4. The second-order valence-corrected chi connectivity index (χ2v) is 4.98. The summed E-state index contributed by atoms with van der Waals surface area (Å²) < 4.78 is 46.8. The van der Waals surface area contributed by atoms with Gasteiger partial charge in [-0.15, -0.1) is 0 Å². The molecule has 0 aliphatic carbocycles. The summed E-state index contributed by atoms with van der Waals surface area (Å²) >= 11 is 0. The van der Waals surface area contributed by atoms with E-state index in [4.69, 9.17) is 0 Å². The summed E-state index contributed by atoms with van der Waals surface area (Å²) in [7, 11) is 0. The number of hydrogen-bond donors (Lipinski definition) is 0. The first-order valence-electron chi connectivity index (χ1n) is 7.07. The molecule has 1 fully saturated rings. The van der Waals surface area contributed by atoms with Gasteiger partial charge in [-0.2, -0.15) is 0 Å². The van der Waals surface area contributed by atoms with E-state index in [1.165, 1.54) is 4.90 Å². The molecule has 4 nitrogen and oxygen atoms in total. The van der Waals surface area contributed by atoms with Crippen molar-refractivity contribution in [3.63, 3.8) is 0 Å². The molecule has 7 heteroatoms. The maximum atomic E-state index is 14.1. The highest BCUT2D eigenvalue weighted by Gasteiger charge is 2.28. The molecule has 0 spiro atoms. The molecule has 0 atom stereocenters. The van der Waals surface area contributed by atoms with Gasteiger partial charge in [-0.3, -0.25) is 9.59 Å². The second kappa shape index (κ2) is 6.81. The third-order valence-electron chi connectivity index (χ3n) is 3.47. The van der Waals surface area contributed by atoms with Gasteiger partial charge in [-0.1, -0.05) is 0 Å². The molecule has 1 saturated heterocycles. The molecule has 22 heavy (non-hydrogen) atoms. The van der Waals surface area contributed by atoms with Crippen LogP contribution in [0.3, 0.4) is 0 Å². The van der Waals surface area contributed by atoms with Gasteiger partial charge in [-0.05, 0) is 25.8 Å². The van der Waals surface area contributed by atoms with Gasteiger partial charge in [0.05, 0.1) is 12.2 Å². The van der Waals surface area contributed by atoms with Gasteiger partial charge >= 0.3 is 5.97 Å². The molecule has 0 radical (unpaired) electrons. The van der Waals surface area contributed by atoms with Crippen LogP contribution < -0.4 is 4.90 Å².